The number of rotatable bonds is 3. The molecule has 238 valence electrons. The molecule has 6 rings (SSSR count). The van der Waals surface area contributed by atoms with E-state index in [1.807, 2.05) is 32.1 Å². The molecular formula is C34H43ClN2O6S. The SMILES string of the molecule is CCOC[C@H]1[C@@H](C)C/C=C\[C@H](O)[C@@H]2CC[C@H]2CN2C[C@@]3(CCCc4cc(Cl)ccc43)COc3ccc(cc32)C(=O)NS1(=O)=O. The van der Waals surface area contributed by atoms with Gasteiger partial charge in [-0.2, -0.15) is 0 Å². The largest absolute Gasteiger partial charge is 0.490 e. The van der Waals surface area contributed by atoms with Crippen molar-refractivity contribution in [1.82, 2.24) is 4.72 Å². The molecule has 44 heavy (non-hydrogen) atoms. The fourth-order valence-corrected chi connectivity index (χ4v) is 9.31. The standard InChI is InChI=1S/C34H43ClN2O6S/c1-3-42-19-32-22(2)6-4-8-30(38)27-12-9-25(27)18-37-20-34(15-5-7-23-16-26(35)11-13-28(23)34)21-43-31-14-10-24(17-29(31)37)33(39)36-44(32,40)41/h4,8,10-11,13-14,16-17,22,25,27,30,32,38H,3,5-7,9,12,15,18-21H2,1-2H3,(H,36,39)/b8-4-/t22-,25-,27+,30-,32-,34-/m0/s1. The van der Waals surface area contributed by atoms with Gasteiger partial charge < -0.3 is 19.5 Å². The Morgan fingerprint density at radius 2 is 2.05 bits per heavy atom. The summed E-state index contributed by atoms with van der Waals surface area (Å²) in [4.78, 5) is 15.8. The van der Waals surface area contributed by atoms with E-state index in [0.29, 0.717) is 38.5 Å². The third-order valence-corrected chi connectivity index (χ3v) is 12.4. The second-order valence-corrected chi connectivity index (χ2v) is 15.4. The first-order valence-corrected chi connectivity index (χ1v) is 17.8. The molecule has 10 heteroatoms. The minimum atomic E-state index is -4.07. The quantitative estimate of drug-likeness (QED) is 0.440. The number of benzene rings is 2. The first-order valence-electron chi connectivity index (χ1n) is 15.9. The Labute approximate surface area is 265 Å². The van der Waals surface area contributed by atoms with Gasteiger partial charge in [-0.15, -0.1) is 0 Å². The summed E-state index contributed by atoms with van der Waals surface area (Å²) in [6.45, 7) is 5.86. The van der Waals surface area contributed by atoms with E-state index in [0.717, 1.165) is 42.8 Å². The summed E-state index contributed by atoms with van der Waals surface area (Å²) in [5.41, 5.74) is 3.25. The Balaban J connectivity index is 1.41. The van der Waals surface area contributed by atoms with E-state index in [2.05, 4.69) is 21.8 Å². The van der Waals surface area contributed by atoms with E-state index >= 15 is 0 Å². The number of nitrogens with zero attached hydrogens (tertiary/aromatic N) is 1. The molecule has 1 fully saturated rings. The number of aryl methyl sites for hydroxylation is 1. The van der Waals surface area contributed by atoms with Crippen LogP contribution in [0, 0.1) is 17.8 Å². The normalized spacial score (nSPS) is 32.3. The Morgan fingerprint density at radius 1 is 1.20 bits per heavy atom. The zero-order valence-corrected chi connectivity index (χ0v) is 27.1. The summed E-state index contributed by atoms with van der Waals surface area (Å²) in [6.07, 6.45) is 8.40. The second kappa shape index (κ2) is 12.7. The second-order valence-electron chi connectivity index (χ2n) is 13.1. The summed E-state index contributed by atoms with van der Waals surface area (Å²) < 4.78 is 41.5. The van der Waals surface area contributed by atoms with Gasteiger partial charge in [0.15, 0.2) is 0 Å². The number of allylic oxidation sites excluding steroid dienone is 1. The molecule has 2 N–H and O–H groups in total. The van der Waals surface area contributed by atoms with E-state index in [-0.39, 0.29) is 35.3 Å². The van der Waals surface area contributed by atoms with Crippen molar-refractivity contribution in [2.45, 2.75) is 69.1 Å². The summed E-state index contributed by atoms with van der Waals surface area (Å²) in [5, 5.41) is 11.0. The monoisotopic (exact) mass is 642 g/mol. The molecule has 0 unspecified atom stereocenters. The Bertz CT molecular complexity index is 1530. The highest BCUT2D eigenvalue weighted by atomic mass is 35.5. The zero-order chi connectivity index (χ0) is 31.1. The van der Waals surface area contributed by atoms with Gasteiger partial charge in [-0.3, -0.25) is 4.79 Å². The third kappa shape index (κ3) is 6.13. The molecular weight excluding hydrogens is 600 g/mol. The molecule has 1 saturated carbocycles. The fourth-order valence-electron chi connectivity index (χ4n) is 7.59. The van der Waals surface area contributed by atoms with E-state index in [1.54, 1.807) is 18.2 Å². The van der Waals surface area contributed by atoms with Crippen LogP contribution in [-0.2, 0) is 26.6 Å². The molecule has 2 aliphatic heterocycles. The van der Waals surface area contributed by atoms with E-state index in [9.17, 15) is 18.3 Å². The van der Waals surface area contributed by atoms with Gasteiger partial charge >= 0.3 is 0 Å². The number of hydrogen-bond acceptors (Lipinski definition) is 7. The minimum absolute atomic E-state index is 0.0258. The van der Waals surface area contributed by atoms with Crippen LogP contribution in [0.4, 0.5) is 5.69 Å². The van der Waals surface area contributed by atoms with Crippen LogP contribution in [0.5, 0.6) is 5.75 Å². The van der Waals surface area contributed by atoms with Gasteiger partial charge in [-0.25, -0.2) is 13.1 Å². The van der Waals surface area contributed by atoms with Gasteiger partial charge in [0, 0.05) is 35.7 Å². The highest BCUT2D eigenvalue weighted by Crippen LogP contribution is 2.46. The van der Waals surface area contributed by atoms with Gasteiger partial charge in [0.05, 0.1) is 25.0 Å². The number of halogens is 1. The number of fused-ring (bicyclic) bond motifs is 4. The van der Waals surface area contributed by atoms with Gasteiger partial charge in [0.1, 0.15) is 11.0 Å². The van der Waals surface area contributed by atoms with Crippen molar-refractivity contribution < 1.29 is 27.8 Å². The van der Waals surface area contributed by atoms with Crippen molar-refractivity contribution in [2.75, 3.05) is 37.8 Å². The lowest BCUT2D eigenvalue weighted by Gasteiger charge is -2.45. The Morgan fingerprint density at radius 3 is 2.82 bits per heavy atom. The van der Waals surface area contributed by atoms with Crippen LogP contribution >= 0.6 is 11.6 Å². The molecule has 6 atom stereocenters. The number of sulfonamides is 1. The summed E-state index contributed by atoms with van der Waals surface area (Å²) in [6, 6.07) is 11.3. The van der Waals surface area contributed by atoms with Crippen molar-refractivity contribution >= 4 is 33.2 Å². The van der Waals surface area contributed by atoms with Crippen LogP contribution < -0.4 is 14.4 Å². The molecule has 1 amide bonds. The molecule has 2 heterocycles. The van der Waals surface area contributed by atoms with Gasteiger partial charge in [0.25, 0.3) is 5.91 Å². The van der Waals surface area contributed by atoms with E-state index < -0.39 is 27.3 Å². The number of aliphatic hydroxyl groups excluding tert-OH is 1. The van der Waals surface area contributed by atoms with Crippen LogP contribution in [-0.4, -0.2) is 63.7 Å². The van der Waals surface area contributed by atoms with Crippen LogP contribution in [0.2, 0.25) is 5.02 Å². The topological polar surface area (TPSA) is 105 Å². The fraction of sp³-hybridized carbons (Fsp3) is 0.559. The van der Waals surface area contributed by atoms with Crippen molar-refractivity contribution in [3.05, 3.63) is 70.3 Å². The highest BCUT2D eigenvalue weighted by Gasteiger charge is 2.44. The molecule has 8 nitrogen and oxygen atoms in total. The van der Waals surface area contributed by atoms with Crippen molar-refractivity contribution in [3.63, 3.8) is 0 Å². The maximum absolute atomic E-state index is 13.6. The van der Waals surface area contributed by atoms with E-state index in [4.69, 9.17) is 21.1 Å². The highest BCUT2D eigenvalue weighted by molar-refractivity contribution is 7.90. The molecule has 1 spiro atoms. The minimum Gasteiger partial charge on any atom is -0.490 e. The summed E-state index contributed by atoms with van der Waals surface area (Å²) in [7, 11) is -4.07. The zero-order valence-electron chi connectivity index (χ0n) is 25.5. The summed E-state index contributed by atoms with van der Waals surface area (Å²) >= 11 is 6.40. The van der Waals surface area contributed by atoms with Crippen molar-refractivity contribution in [1.29, 1.82) is 0 Å². The number of aliphatic hydroxyl groups is 1. The number of ether oxygens (including phenoxy) is 2. The number of carbonyl (C=O) groups is 1. The lowest BCUT2D eigenvalue weighted by atomic mass is 9.68. The predicted octanol–water partition coefficient (Wildman–Crippen LogP) is 5.26. The maximum atomic E-state index is 13.6. The molecule has 0 saturated heterocycles. The summed E-state index contributed by atoms with van der Waals surface area (Å²) in [5.74, 6) is 0.0331. The number of amides is 1. The van der Waals surface area contributed by atoms with Crippen LogP contribution in [0.3, 0.4) is 0 Å². The molecule has 2 bridgehead atoms. The van der Waals surface area contributed by atoms with Gasteiger partial charge in [-0.1, -0.05) is 36.7 Å². The van der Waals surface area contributed by atoms with Crippen LogP contribution in [0.25, 0.3) is 0 Å². The lowest BCUT2D eigenvalue weighted by molar-refractivity contribution is 0.0455. The number of nitrogens with one attached hydrogen (secondary N) is 1. The predicted molar refractivity (Wildman–Crippen MR) is 172 cm³/mol. The van der Waals surface area contributed by atoms with E-state index in [1.165, 1.54) is 11.1 Å². The smallest absolute Gasteiger partial charge is 0.264 e. The number of carbonyl (C=O) groups excluding carboxylic acids is 1. The van der Waals surface area contributed by atoms with Gasteiger partial charge in [0.2, 0.25) is 10.0 Å². The third-order valence-electron chi connectivity index (χ3n) is 10.3. The van der Waals surface area contributed by atoms with Crippen LogP contribution in [0.1, 0.15) is 67.4 Å². The molecule has 2 aromatic rings. The van der Waals surface area contributed by atoms with Crippen LogP contribution in [0.15, 0.2) is 48.6 Å². The first kappa shape index (κ1) is 31.4. The first-order chi connectivity index (χ1) is 21.1. The average molecular weight is 643 g/mol. The number of anilines is 1. The molecule has 0 aromatic heterocycles. The average Bonchev–Trinajstić information content (AvgIpc) is 3.11. The molecule has 2 aliphatic carbocycles. The van der Waals surface area contributed by atoms with Crippen molar-refractivity contribution in [3.8, 4) is 5.75 Å². The Hall–Kier alpha value is -2.59. The molecule has 0 radical (unpaired) electrons. The number of hydrogen-bond donors (Lipinski definition) is 2. The van der Waals surface area contributed by atoms with Gasteiger partial charge in [-0.05, 0) is 105 Å². The lowest BCUT2D eigenvalue weighted by Crippen LogP contribution is -2.49. The molecule has 4 aliphatic rings. The molecule has 2 aromatic carbocycles. The Kier molecular flexibility index (Phi) is 9.03. The maximum Gasteiger partial charge on any atom is 0.264 e. The van der Waals surface area contributed by atoms with Crippen molar-refractivity contribution in [2.24, 2.45) is 17.8 Å².